The molecule has 0 saturated carbocycles. The van der Waals surface area contributed by atoms with Crippen LogP contribution in [0.1, 0.15) is 6.42 Å². The number of hydrogen-bond acceptors (Lipinski definition) is 5. The maximum atomic E-state index is 12.1. The quantitative estimate of drug-likeness (QED) is 0.776. The van der Waals surface area contributed by atoms with Gasteiger partial charge in [0.1, 0.15) is 5.75 Å². The summed E-state index contributed by atoms with van der Waals surface area (Å²) in [7, 11) is -1.79. The zero-order valence-electron chi connectivity index (χ0n) is 14.6. The molecule has 0 bridgehead atoms. The van der Waals surface area contributed by atoms with E-state index in [1.54, 1.807) is 42.5 Å². The van der Waals surface area contributed by atoms with Crippen molar-refractivity contribution >= 4 is 38.9 Å². The Morgan fingerprint density at radius 2 is 1.67 bits per heavy atom. The van der Waals surface area contributed by atoms with Crippen molar-refractivity contribution in [2.24, 2.45) is 0 Å². The molecular weight excluding hydrogens is 370 g/mol. The highest BCUT2D eigenvalue weighted by molar-refractivity contribution is 7.93. The fraction of sp³-hybridized carbons (Fsp3) is 0.222. The summed E-state index contributed by atoms with van der Waals surface area (Å²) < 4.78 is 30.4. The molecule has 142 valence electrons. The molecule has 1 saturated heterocycles. The van der Waals surface area contributed by atoms with Gasteiger partial charge in [-0.05, 0) is 48.9 Å². The van der Waals surface area contributed by atoms with Gasteiger partial charge in [0.15, 0.2) is 0 Å². The summed E-state index contributed by atoms with van der Waals surface area (Å²) in [5.41, 5.74) is 1.25. The fourth-order valence-electron chi connectivity index (χ4n) is 2.72. The summed E-state index contributed by atoms with van der Waals surface area (Å²) in [4.78, 5) is 24.2. The van der Waals surface area contributed by atoms with Gasteiger partial charge in [0, 0.05) is 17.9 Å². The molecule has 0 aromatic heterocycles. The third-order valence-electron chi connectivity index (χ3n) is 4.05. The monoisotopic (exact) mass is 389 g/mol. The lowest BCUT2D eigenvalue weighted by Gasteiger charge is -2.17. The molecule has 1 fully saturated rings. The van der Waals surface area contributed by atoms with E-state index >= 15 is 0 Å². The van der Waals surface area contributed by atoms with Crippen LogP contribution in [-0.2, 0) is 19.6 Å². The van der Waals surface area contributed by atoms with Crippen LogP contribution in [0.4, 0.5) is 17.1 Å². The van der Waals surface area contributed by atoms with Gasteiger partial charge in [-0.25, -0.2) is 8.42 Å². The van der Waals surface area contributed by atoms with Crippen LogP contribution >= 0.6 is 0 Å². The van der Waals surface area contributed by atoms with Crippen molar-refractivity contribution in [1.82, 2.24) is 0 Å². The van der Waals surface area contributed by atoms with Crippen LogP contribution in [0.15, 0.2) is 48.5 Å². The van der Waals surface area contributed by atoms with Crippen molar-refractivity contribution in [3.05, 3.63) is 48.5 Å². The molecule has 1 aliphatic heterocycles. The van der Waals surface area contributed by atoms with Crippen molar-refractivity contribution < 1.29 is 22.7 Å². The maximum Gasteiger partial charge on any atom is 0.314 e. The van der Waals surface area contributed by atoms with Crippen molar-refractivity contribution in [2.45, 2.75) is 6.42 Å². The summed E-state index contributed by atoms with van der Waals surface area (Å²) in [5, 5.41) is 4.96. The molecule has 27 heavy (non-hydrogen) atoms. The van der Waals surface area contributed by atoms with Crippen LogP contribution in [0, 0.1) is 0 Å². The largest absolute Gasteiger partial charge is 0.497 e. The zero-order chi connectivity index (χ0) is 19.4. The summed E-state index contributed by atoms with van der Waals surface area (Å²) in [6, 6.07) is 12.9. The van der Waals surface area contributed by atoms with Gasteiger partial charge in [0.05, 0.1) is 18.6 Å². The first-order valence-electron chi connectivity index (χ1n) is 8.26. The third-order valence-corrected chi connectivity index (χ3v) is 5.91. The number of carbonyl (C=O) groups is 2. The molecular formula is C18H19N3O5S. The first-order valence-corrected chi connectivity index (χ1v) is 9.87. The van der Waals surface area contributed by atoms with Gasteiger partial charge in [0.2, 0.25) is 10.0 Å². The average Bonchev–Trinajstić information content (AvgIpc) is 3.01. The Balaban J connectivity index is 1.66. The molecule has 3 rings (SSSR count). The summed E-state index contributed by atoms with van der Waals surface area (Å²) >= 11 is 0. The maximum absolute atomic E-state index is 12.1. The number of benzene rings is 2. The minimum absolute atomic E-state index is 0.105. The van der Waals surface area contributed by atoms with E-state index in [0.717, 1.165) is 0 Å². The SMILES string of the molecule is COc1ccc(NC(=O)C(=O)Nc2cccc(N3CCCS3(=O)=O)c2)cc1. The van der Waals surface area contributed by atoms with E-state index in [4.69, 9.17) is 4.74 Å². The predicted molar refractivity (Wildman–Crippen MR) is 102 cm³/mol. The Hall–Kier alpha value is -3.07. The van der Waals surface area contributed by atoms with Crippen LogP contribution < -0.4 is 19.7 Å². The zero-order valence-corrected chi connectivity index (χ0v) is 15.5. The Labute approximate surface area is 157 Å². The number of hydrogen-bond donors (Lipinski definition) is 2. The van der Waals surface area contributed by atoms with E-state index in [9.17, 15) is 18.0 Å². The minimum Gasteiger partial charge on any atom is -0.497 e. The molecule has 9 heteroatoms. The van der Waals surface area contributed by atoms with Crippen molar-refractivity contribution in [1.29, 1.82) is 0 Å². The molecule has 0 atom stereocenters. The van der Waals surface area contributed by atoms with Gasteiger partial charge in [-0.15, -0.1) is 0 Å². The number of sulfonamides is 1. The highest BCUT2D eigenvalue weighted by atomic mass is 32.2. The molecule has 0 spiro atoms. The van der Waals surface area contributed by atoms with E-state index in [0.29, 0.717) is 35.8 Å². The molecule has 0 unspecified atom stereocenters. The second-order valence-corrected chi connectivity index (χ2v) is 7.94. The summed E-state index contributed by atoms with van der Waals surface area (Å²) in [6.45, 7) is 0.400. The number of carbonyl (C=O) groups excluding carboxylic acids is 2. The highest BCUT2D eigenvalue weighted by Crippen LogP contribution is 2.26. The highest BCUT2D eigenvalue weighted by Gasteiger charge is 2.28. The van der Waals surface area contributed by atoms with E-state index in [-0.39, 0.29) is 5.75 Å². The normalized spacial score (nSPS) is 15.2. The molecule has 2 aromatic carbocycles. The first-order chi connectivity index (χ1) is 12.9. The number of nitrogens with one attached hydrogen (secondary N) is 2. The van der Waals surface area contributed by atoms with Crippen molar-refractivity contribution in [3.8, 4) is 5.75 Å². The number of amides is 2. The van der Waals surface area contributed by atoms with Gasteiger partial charge in [0.25, 0.3) is 0 Å². The van der Waals surface area contributed by atoms with Crippen LogP contribution in [0.5, 0.6) is 5.75 Å². The van der Waals surface area contributed by atoms with Gasteiger partial charge < -0.3 is 15.4 Å². The van der Waals surface area contributed by atoms with E-state index in [1.165, 1.54) is 17.5 Å². The van der Waals surface area contributed by atoms with Crippen molar-refractivity contribution in [2.75, 3.05) is 34.3 Å². The Morgan fingerprint density at radius 3 is 2.26 bits per heavy atom. The summed E-state index contributed by atoms with van der Waals surface area (Å²) in [6.07, 6.45) is 0.559. The molecule has 1 aliphatic rings. The molecule has 2 aromatic rings. The van der Waals surface area contributed by atoms with Crippen molar-refractivity contribution in [3.63, 3.8) is 0 Å². The minimum atomic E-state index is -3.32. The molecule has 8 nitrogen and oxygen atoms in total. The lowest BCUT2D eigenvalue weighted by molar-refractivity contribution is -0.132. The van der Waals surface area contributed by atoms with Crippen LogP contribution in [0.2, 0.25) is 0 Å². The Morgan fingerprint density at radius 1 is 1.00 bits per heavy atom. The lowest BCUT2D eigenvalue weighted by Crippen LogP contribution is -2.29. The van der Waals surface area contributed by atoms with E-state index < -0.39 is 21.8 Å². The lowest BCUT2D eigenvalue weighted by atomic mass is 10.2. The molecule has 0 aliphatic carbocycles. The smallest absolute Gasteiger partial charge is 0.314 e. The number of ether oxygens (including phenoxy) is 1. The van der Waals surface area contributed by atoms with Gasteiger partial charge >= 0.3 is 11.8 Å². The third kappa shape index (κ3) is 4.37. The van der Waals surface area contributed by atoms with Gasteiger partial charge in [-0.2, -0.15) is 0 Å². The molecule has 0 radical (unpaired) electrons. The molecule has 2 amide bonds. The number of nitrogens with zero attached hydrogens (tertiary/aromatic N) is 1. The Kier molecular flexibility index (Phi) is 5.31. The second kappa shape index (κ2) is 7.67. The predicted octanol–water partition coefficient (Wildman–Crippen LogP) is 1.81. The Bertz CT molecular complexity index is 957. The average molecular weight is 389 g/mol. The number of anilines is 3. The van der Waals surface area contributed by atoms with Crippen LogP contribution in [-0.4, -0.2) is 39.6 Å². The topological polar surface area (TPSA) is 105 Å². The molecule has 2 N–H and O–H groups in total. The first kappa shape index (κ1) is 18.7. The van der Waals surface area contributed by atoms with Gasteiger partial charge in [-0.1, -0.05) is 6.07 Å². The standard InChI is InChI=1S/C18H19N3O5S/c1-26-16-8-6-13(7-9-16)19-17(22)18(23)20-14-4-2-5-15(12-14)21-10-3-11-27(21,24)25/h2,4-9,12H,3,10-11H2,1H3,(H,19,22)(H,20,23). The molecule has 1 heterocycles. The number of methoxy groups -OCH3 is 1. The number of rotatable bonds is 4. The summed E-state index contributed by atoms with van der Waals surface area (Å²) in [5.74, 6) is -0.953. The van der Waals surface area contributed by atoms with Gasteiger partial charge in [-0.3, -0.25) is 13.9 Å². The van der Waals surface area contributed by atoms with Crippen LogP contribution in [0.3, 0.4) is 0 Å². The fourth-order valence-corrected chi connectivity index (χ4v) is 4.27. The van der Waals surface area contributed by atoms with Crippen LogP contribution in [0.25, 0.3) is 0 Å². The second-order valence-electron chi connectivity index (χ2n) is 5.93. The van der Waals surface area contributed by atoms with E-state index in [1.807, 2.05) is 0 Å². The van der Waals surface area contributed by atoms with E-state index in [2.05, 4.69) is 10.6 Å².